The van der Waals surface area contributed by atoms with E-state index in [1.165, 1.54) is 30.3 Å². The maximum absolute atomic E-state index is 11.0. The minimum Gasteiger partial charge on any atom is -0.423 e. The van der Waals surface area contributed by atoms with Gasteiger partial charge in [0.15, 0.2) is 0 Å². The number of nitro benzene ring substituents is 1. The van der Waals surface area contributed by atoms with Crippen LogP contribution in [-0.4, -0.2) is 10.9 Å². The van der Waals surface area contributed by atoms with Gasteiger partial charge in [-0.2, -0.15) is 0 Å². The average molecular weight is 207 g/mol. The summed E-state index contributed by atoms with van der Waals surface area (Å²) in [4.78, 5) is 20.8. The Kier molecular flexibility index (Phi) is 3.56. The van der Waals surface area contributed by atoms with Crippen molar-refractivity contribution in [1.82, 2.24) is 0 Å². The molecule has 0 N–H and O–H groups in total. The molecule has 0 aromatic heterocycles. The van der Waals surface area contributed by atoms with Crippen molar-refractivity contribution in [2.75, 3.05) is 0 Å². The third kappa shape index (κ3) is 3.22. The van der Waals surface area contributed by atoms with Gasteiger partial charge in [-0.15, -0.1) is 0 Å². The molecule has 0 aliphatic carbocycles. The maximum Gasteiger partial charge on any atom is 0.335 e. The molecule has 0 heterocycles. The van der Waals surface area contributed by atoms with E-state index in [1.807, 2.05) is 0 Å². The fourth-order valence-electron chi connectivity index (χ4n) is 0.922. The molecule has 0 amide bonds. The number of hydrogen-bond acceptors (Lipinski definition) is 4. The zero-order valence-corrected chi connectivity index (χ0v) is 8.04. The van der Waals surface area contributed by atoms with Crippen molar-refractivity contribution < 1.29 is 14.5 Å². The zero-order chi connectivity index (χ0) is 11.3. The second kappa shape index (κ2) is 4.90. The molecule has 5 nitrogen and oxygen atoms in total. The second-order valence-corrected chi connectivity index (χ2v) is 2.67. The molecule has 0 aliphatic heterocycles. The number of allylic oxidation sites excluding steroid dienone is 1. The first-order valence-corrected chi connectivity index (χ1v) is 4.22. The summed E-state index contributed by atoms with van der Waals surface area (Å²) in [7, 11) is 0. The van der Waals surface area contributed by atoms with E-state index in [-0.39, 0.29) is 11.4 Å². The highest BCUT2D eigenvalue weighted by molar-refractivity contribution is 5.83. The summed E-state index contributed by atoms with van der Waals surface area (Å²) in [5, 5.41) is 10.3. The number of esters is 1. The van der Waals surface area contributed by atoms with Gasteiger partial charge in [-0.25, -0.2) is 4.79 Å². The lowest BCUT2D eigenvalue weighted by molar-refractivity contribution is -0.384. The first kappa shape index (κ1) is 10.9. The van der Waals surface area contributed by atoms with Crippen molar-refractivity contribution in [3.05, 3.63) is 46.5 Å². The van der Waals surface area contributed by atoms with Gasteiger partial charge in [0.2, 0.25) is 0 Å². The molecule has 78 valence electrons. The summed E-state index contributed by atoms with van der Waals surface area (Å²) in [6.07, 6.45) is 2.81. The van der Waals surface area contributed by atoms with Crippen molar-refractivity contribution in [1.29, 1.82) is 0 Å². The number of nitrogens with zero attached hydrogens (tertiary/aromatic N) is 1. The quantitative estimate of drug-likeness (QED) is 0.250. The molecular weight excluding hydrogens is 198 g/mol. The van der Waals surface area contributed by atoms with Crippen LogP contribution in [0.1, 0.15) is 6.92 Å². The number of ether oxygens (including phenoxy) is 1. The lowest BCUT2D eigenvalue weighted by Crippen LogP contribution is -2.03. The number of carbonyl (C=O) groups excluding carboxylic acids is 1. The van der Waals surface area contributed by atoms with E-state index >= 15 is 0 Å². The Morgan fingerprint density at radius 1 is 1.40 bits per heavy atom. The first-order valence-electron chi connectivity index (χ1n) is 4.22. The molecule has 0 atom stereocenters. The van der Waals surface area contributed by atoms with Crippen molar-refractivity contribution in [3.8, 4) is 5.75 Å². The van der Waals surface area contributed by atoms with Crippen LogP contribution in [-0.2, 0) is 4.79 Å². The van der Waals surface area contributed by atoms with Gasteiger partial charge in [0.05, 0.1) is 4.92 Å². The number of benzene rings is 1. The molecule has 0 bridgehead atoms. The van der Waals surface area contributed by atoms with Gasteiger partial charge in [-0.3, -0.25) is 10.1 Å². The van der Waals surface area contributed by atoms with Crippen LogP contribution >= 0.6 is 0 Å². The number of nitro groups is 1. The van der Waals surface area contributed by atoms with Crippen molar-refractivity contribution in [2.45, 2.75) is 6.92 Å². The smallest absolute Gasteiger partial charge is 0.335 e. The predicted molar refractivity (Wildman–Crippen MR) is 53.5 cm³/mol. The Morgan fingerprint density at radius 3 is 2.47 bits per heavy atom. The second-order valence-electron chi connectivity index (χ2n) is 2.67. The van der Waals surface area contributed by atoms with E-state index in [2.05, 4.69) is 0 Å². The van der Waals surface area contributed by atoms with Crippen LogP contribution in [0.3, 0.4) is 0 Å². The van der Waals surface area contributed by atoms with Gasteiger partial charge in [-0.1, -0.05) is 6.08 Å². The Hall–Kier alpha value is -2.17. The SMILES string of the molecule is C/C=C/C(=O)Oc1ccc([N+](=O)[O-])cc1. The van der Waals surface area contributed by atoms with E-state index in [0.29, 0.717) is 0 Å². The molecule has 0 saturated carbocycles. The summed E-state index contributed by atoms with van der Waals surface area (Å²) >= 11 is 0. The number of hydrogen-bond donors (Lipinski definition) is 0. The number of rotatable bonds is 3. The lowest BCUT2D eigenvalue weighted by Gasteiger charge is -1.99. The molecule has 1 rings (SSSR count). The van der Waals surface area contributed by atoms with Crippen LogP contribution < -0.4 is 4.74 Å². The van der Waals surface area contributed by atoms with Crippen molar-refractivity contribution in [2.24, 2.45) is 0 Å². The molecule has 15 heavy (non-hydrogen) atoms. The van der Waals surface area contributed by atoms with Gasteiger partial charge in [0, 0.05) is 18.2 Å². The van der Waals surface area contributed by atoms with Crippen LogP contribution in [0.15, 0.2) is 36.4 Å². The minimum absolute atomic E-state index is 0.0409. The molecule has 0 radical (unpaired) electrons. The first-order chi connectivity index (χ1) is 7.13. The van der Waals surface area contributed by atoms with Gasteiger partial charge in [0.1, 0.15) is 5.75 Å². The summed E-state index contributed by atoms with van der Waals surface area (Å²) in [6.45, 7) is 1.69. The van der Waals surface area contributed by atoms with E-state index in [1.54, 1.807) is 13.0 Å². The Labute approximate surface area is 86.1 Å². The van der Waals surface area contributed by atoms with Crippen molar-refractivity contribution in [3.63, 3.8) is 0 Å². The molecule has 0 unspecified atom stereocenters. The van der Waals surface area contributed by atoms with Gasteiger partial charge in [-0.05, 0) is 19.1 Å². The molecule has 0 aliphatic rings. The maximum atomic E-state index is 11.0. The van der Waals surface area contributed by atoms with Crippen LogP contribution in [0, 0.1) is 10.1 Å². The fraction of sp³-hybridized carbons (Fsp3) is 0.100. The van der Waals surface area contributed by atoms with E-state index in [9.17, 15) is 14.9 Å². The van der Waals surface area contributed by atoms with Crippen LogP contribution in [0.25, 0.3) is 0 Å². The third-order valence-electron chi connectivity index (χ3n) is 1.57. The van der Waals surface area contributed by atoms with Crippen molar-refractivity contribution >= 4 is 11.7 Å². The zero-order valence-electron chi connectivity index (χ0n) is 8.04. The Bertz CT molecular complexity index is 394. The van der Waals surface area contributed by atoms with Crippen LogP contribution in [0.2, 0.25) is 0 Å². The van der Waals surface area contributed by atoms with Crippen LogP contribution in [0.4, 0.5) is 5.69 Å². The molecule has 1 aromatic rings. The highest BCUT2D eigenvalue weighted by Gasteiger charge is 2.05. The number of carbonyl (C=O) groups is 1. The Balaban J connectivity index is 2.72. The molecule has 0 spiro atoms. The van der Waals surface area contributed by atoms with Crippen LogP contribution in [0.5, 0.6) is 5.75 Å². The number of non-ortho nitro benzene ring substituents is 1. The van der Waals surface area contributed by atoms with Gasteiger partial charge in [0.25, 0.3) is 5.69 Å². The highest BCUT2D eigenvalue weighted by Crippen LogP contribution is 2.17. The van der Waals surface area contributed by atoms with E-state index < -0.39 is 10.9 Å². The normalized spacial score (nSPS) is 10.2. The average Bonchev–Trinajstić information content (AvgIpc) is 2.18. The monoisotopic (exact) mass is 207 g/mol. The Morgan fingerprint density at radius 2 is 2.00 bits per heavy atom. The largest absolute Gasteiger partial charge is 0.423 e. The van der Waals surface area contributed by atoms with Gasteiger partial charge >= 0.3 is 5.97 Å². The van der Waals surface area contributed by atoms with E-state index in [4.69, 9.17) is 4.74 Å². The lowest BCUT2D eigenvalue weighted by atomic mass is 10.3. The summed E-state index contributed by atoms with van der Waals surface area (Å²) in [6, 6.07) is 5.30. The van der Waals surface area contributed by atoms with E-state index in [0.717, 1.165) is 0 Å². The molecule has 1 aromatic carbocycles. The minimum atomic E-state index is -0.516. The highest BCUT2D eigenvalue weighted by atomic mass is 16.6. The summed E-state index contributed by atoms with van der Waals surface area (Å²) in [5.74, 6) is -0.227. The standard InChI is InChI=1S/C10H9NO4/c1-2-3-10(12)15-9-6-4-8(5-7-9)11(13)14/h2-7H,1H3/b3-2+. The topological polar surface area (TPSA) is 69.4 Å². The molecule has 0 fully saturated rings. The van der Waals surface area contributed by atoms with Gasteiger partial charge < -0.3 is 4.74 Å². The fourth-order valence-corrected chi connectivity index (χ4v) is 0.922. The molecule has 5 heteroatoms. The predicted octanol–water partition coefficient (Wildman–Crippen LogP) is 2.08. The summed E-state index contributed by atoms with van der Waals surface area (Å²) < 4.78 is 4.84. The third-order valence-corrected chi connectivity index (χ3v) is 1.57. The summed E-state index contributed by atoms with van der Waals surface area (Å²) in [5.41, 5.74) is -0.0409. The molecular formula is C10H9NO4. The molecule has 0 saturated heterocycles.